The molecule has 1 unspecified atom stereocenters. The number of carbonyl (C=O) groups excluding carboxylic acids is 2. The number of carbonyl (C=O) groups is 2. The van der Waals surface area contributed by atoms with Crippen molar-refractivity contribution in [2.45, 2.75) is 25.8 Å². The highest BCUT2D eigenvalue weighted by molar-refractivity contribution is 6.00. The quantitative estimate of drug-likeness (QED) is 0.837. The van der Waals surface area contributed by atoms with E-state index in [1.165, 1.54) is 11.0 Å². The van der Waals surface area contributed by atoms with Crippen molar-refractivity contribution in [2.75, 3.05) is 13.6 Å². The van der Waals surface area contributed by atoms with Gasteiger partial charge < -0.3 is 15.3 Å². The zero-order valence-corrected chi connectivity index (χ0v) is 11.1. The SMILES string of the molecule is CNC(=O)C1CCCN1C(=O)c1cc(C)ccc1O. The molecule has 0 radical (unpaired) electrons. The molecule has 102 valence electrons. The van der Waals surface area contributed by atoms with Crippen LogP contribution in [0.4, 0.5) is 0 Å². The van der Waals surface area contributed by atoms with Gasteiger partial charge in [-0.3, -0.25) is 9.59 Å². The molecule has 5 nitrogen and oxygen atoms in total. The Bertz CT molecular complexity index is 513. The van der Waals surface area contributed by atoms with E-state index in [2.05, 4.69) is 5.32 Å². The van der Waals surface area contributed by atoms with Gasteiger partial charge in [-0.15, -0.1) is 0 Å². The molecular formula is C14H18N2O3. The summed E-state index contributed by atoms with van der Waals surface area (Å²) in [4.78, 5) is 25.7. The Kier molecular flexibility index (Phi) is 3.74. The normalized spacial score (nSPS) is 18.4. The minimum Gasteiger partial charge on any atom is -0.507 e. The summed E-state index contributed by atoms with van der Waals surface area (Å²) in [5, 5.41) is 12.4. The van der Waals surface area contributed by atoms with Gasteiger partial charge in [-0.2, -0.15) is 0 Å². The molecule has 1 fully saturated rings. The first kappa shape index (κ1) is 13.4. The lowest BCUT2D eigenvalue weighted by Gasteiger charge is -2.23. The fourth-order valence-electron chi connectivity index (χ4n) is 2.42. The van der Waals surface area contributed by atoms with Crippen molar-refractivity contribution in [1.29, 1.82) is 0 Å². The van der Waals surface area contributed by atoms with E-state index in [1.807, 2.05) is 6.92 Å². The third-order valence-electron chi connectivity index (χ3n) is 3.45. The Balaban J connectivity index is 2.28. The topological polar surface area (TPSA) is 69.6 Å². The summed E-state index contributed by atoms with van der Waals surface area (Å²) in [7, 11) is 1.56. The molecule has 0 aromatic heterocycles. The molecule has 1 saturated heterocycles. The van der Waals surface area contributed by atoms with Gasteiger partial charge in [-0.05, 0) is 31.9 Å². The molecule has 1 atom stereocenters. The van der Waals surface area contributed by atoms with Gasteiger partial charge in [0.2, 0.25) is 5.91 Å². The number of nitrogens with one attached hydrogen (secondary N) is 1. The van der Waals surface area contributed by atoms with Gasteiger partial charge in [0.05, 0.1) is 5.56 Å². The van der Waals surface area contributed by atoms with Crippen LogP contribution in [0.1, 0.15) is 28.8 Å². The maximum absolute atomic E-state index is 12.4. The number of nitrogens with zero attached hydrogens (tertiary/aromatic N) is 1. The lowest BCUT2D eigenvalue weighted by Crippen LogP contribution is -2.44. The number of aromatic hydroxyl groups is 1. The van der Waals surface area contributed by atoms with Crippen molar-refractivity contribution in [3.63, 3.8) is 0 Å². The summed E-state index contributed by atoms with van der Waals surface area (Å²) in [6.45, 7) is 2.40. The number of phenolic OH excluding ortho intramolecular Hbond substituents is 1. The zero-order valence-electron chi connectivity index (χ0n) is 11.1. The lowest BCUT2D eigenvalue weighted by molar-refractivity contribution is -0.124. The Hall–Kier alpha value is -2.04. The van der Waals surface area contributed by atoms with Gasteiger partial charge in [0, 0.05) is 13.6 Å². The van der Waals surface area contributed by atoms with Crippen molar-refractivity contribution >= 4 is 11.8 Å². The smallest absolute Gasteiger partial charge is 0.258 e. The molecule has 1 heterocycles. The predicted molar refractivity (Wildman–Crippen MR) is 71.0 cm³/mol. The Morgan fingerprint density at radius 3 is 2.84 bits per heavy atom. The molecule has 0 aliphatic carbocycles. The van der Waals surface area contributed by atoms with E-state index >= 15 is 0 Å². The molecule has 0 bridgehead atoms. The molecule has 1 aliphatic heterocycles. The monoisotopic (exact) mass is 262 g/mol. The molecule has 1 aromatic carbocycles. The van der Waals surface area contributed by atoms with Gasteiger partial charge in [0.15, 0.2) is 0 Å². The third-order valence-corrected chi connectivity index (χ3v) is 3.45. The summed E-state index contributed by atoms with van der Waals surface area (Å²) in [6, 6.07) is 4.47. The van der Waals surface area contributed by atoms with Crippen LogP contribution in [-0.2, 0) is 4.79 Å². The third kappa shape index (κ3) is 2.54. The average molecular weight is 262 g/mol. The van der Waals surface area contributed by atoms with Crippen LogP contribution < -0.4 is 5.32 Å². The van der Waals surface area contributed by atoms with Gasteiger partial charge in [-0.25, -0.2) is 0 Å². The number of likely N-dealkylation sites (N-methyl/N-ethyl adjacent to an activating group) is 1. The van der Waals surface area contributed by atoms with Crippen LogP contribution in [0.5, 0.6) is 5.75 Å². The number of amides is 2. The summed E-state index contributed by atoms with van der Waals surface area (Å²) in [5.74, 6) is -0.483. The average Bonchev–Trinajstić information content (AvgIpc) is 2.89. The second-order valence-electron chi connectivity index (χ2n) is 4.79. The minimum atomic E-state index is -0.433. The molecule has 1 aromatic rings. The number of phenols is 1. The Morgan fingerprint density at radius 1 is 1.42 bits per heavy atom. The summed E-state index contributed by atoms with van der Waals surface area (Å²) in [5.41, 5.74) is 1.16. The molecule has 19 heavy (non-hydrogen) atoms. The van der Waals surface area contributed by atoms with E-state index in [0.717, 1.165) is 12.0 Å². The number of hydrogen-bond acceptors (Lipinski definition) is 3. The largest absolute Gasteiger partial charge is 0.507 e. The number of hydrogen-bond donors (Lipinski definition) is 2. The fraction of sp³-hybridized carbons (Fsp3) is 0.429. The summed E-state index contributed by atoms with van der Waals surface area (Å²) < 4.78 is 0. The van der Waals surface area contributed by atoms with Crippen LogP contribution in [0, 0.1) is 6.92 Å². The van der Waals surface area contributed by atoms with Crippen LogP contribution in [0.15, 0.2) is 18.2 Å². The van der Waals surface area contributed by atoms with Crippen LogP contribution in [0.2, 0.25) is 0 Å². The molecule has 2 rings (SSSR count). The van der Waals surface area contributed by atoms with Crippen LogP contribution in [0.25, 0.3) is 0 Å². The minimum absolute atomic E-state index is 0.0434. The van der Waals surface area contributed by atoms with E-state index in [1.54, 1.807) is 19.2 Å². The number of rotatable bonds is 2. The maximum Gasteiger partial charge on any atom is 0.258 e. The maximum atomic E-state index is 12.4. The molecular weight excluding hydrogens is 244 g/mol. The Morgan fingerprint density at radius 2 is 2.16 bits per heavy atom. The van der Waals surface area contributed by atoms with Crippen molar-refractivity contribution in [1.82, 2.24) is 10.2 Å². The van der Waals surface area contributed by atoms with Gasteiger partial charge >= 0.3 is 0 Å². The van der Waals surface area contributed by atoms with Crippen molar-refractivity contribution in [2.24, 2.45) is 0 Å². The molecule has 0 spiro atoms. The zero-order chi connectivity index (χ0) is 14.0. The number of aryl methyl sites for hydroxylation is 1. The van der Waals surface area contributed by atoms with E-state index in [0.29, 0.717) is 13.0 Å². The van der Waals surface area contributed by atoms with Gasteiger partial charge in [0.1, 0.15) is 11.8 Å². The van der Waals surface area contributed by atoms with Gasteiger partial charge in [0.25, 0.3) is 5.91 Å². The first-order valence-electron chi connectivity index (χ1n) is 6.36. The predicted octanol–water partition coefficient (Wildman–Crippen LogP) is 1.05. The summed E-state index contributed by atoms with van der Waals surface area (Å²) >= 11 is 0. The Labute approximate surface area is 112 Å². The van der Waals surface area contributed by atoms with Crippen LogP contribution in [0.3, 0.4) is 0 Å². The second kappa shape index (κ2) is 5.30. The lowest BCUT2D eigenvalue weighted by atomic mass is 10.1. The van der Waals surface area contributed by atoms with E-state index in [4.69, 9.17) is 0 Å². The van der Waals surface area contributed by atoms with E-state index in [9.17, 15) is 14.7 Å². The summed E-state index contributed by atoms with van der Waals surface area (Å²) in [6.07, 6.45) is 1.47. The highest BCUT2D eigenvalue weighted by atomic mass is 16.3. The van der Waals surface area contributed by atoms with Crippen molar-refractivity contribution < 1.29 is 14.7 Å². The highest BCUT2D eigenvalue weighted by Gasteiger charge is 2.34. The molecule has 1 aliphatic rings. The van der Waals surface area contributed by atoms with E-state index < -0.39 is 6.04 Å². The van der Waals surface area contributed by atoms with Crippen molar-refractivity contribution in [3.05, 3.63) is 29.3 Å². The first-order chi connectivity index (χ1) is 9.04. The number of benzene rings is 1. The first-order valence-corrected chi connectivity index (χ1v) is 6.36. The van der Waals surface area contributed by atoms with Crippen molar-refractivity contribution in [3.8, 4) is 5.75 Å². The number of likely N-dealkylation sites (tertiary alicyclic amines) is 1. The van der Waals surface area contributed by atoms with Gasteiger partial charge in [-0.1, -0.05) is 11.6 Å². The molecule has 2 N–H and O–H groups in total. The van der Waals surface area contributed by atoms with E-state index in [-0.39, 0.29) is 23.1 Å². The standard InChI is InChI=1S/C14H18N2O3/c1-9-5-6-12(17)10(8-9)14(19)16-7-3-4-11(16)13(18)15-2/h5-6,8,11,17H,3-4,7H2,1-2H3,(H,15,18). The van der Waals surface area contributed by atoms with Crippen LogP contribution in [-0.4, -0.2) is 41.5 Å². The second-order valence-corrected chi connectivity index (χ2v) is 4.79. The molecule has 0 saturated carbocycles. The molecule has 5 heteroatoms. The highest BCUT2D eigenvalue weighted by Crippen LogP contribution is 2.25. The fourth-order valence-corrected chi connectivity index (χ4v) is 2.42. The molecule has 2 amide bonds. The van der Waals surface area contributed by atoms with Crippen LogP contribution >= 0.6 is 0 Å².